The lowest BCUT2D eigenvalue weighted by Gasteiger charge is -2.29. The summed E-state index contributed by atoms with van der Waals surface area (Å²) in [6.07, 6.45) is 0. The molecule has 0 bridgehead atoms. The standard InChI is InChI=1S/C57H41NO.C55H39NO/c1-57(2)53-35-44(39-13-7-4-8-14-39)25-32-49(53)50-34-31-48(37-54(50)57)58(46-27-21-42(22-28-46)41-19-17-40(18-20-41)38-11-5-3-6-12-38)47-29-23-43(24-30-47)45-26-33-52-51-15-9-10-16-55(51)59-56(52)36-45;1-55(2)50-18-10-8-15-45(50)46-31-29-42(35-51(46)55)56(41-27-24-38(25-28-41)40-26-30-49-48-17-9-11-19-53(48)57-54(49)34-40)52-33-32-43(44-14-6-7-16-47(44)52)39-22-20-37(21-23-39)36-12-4-3-5-13-36/h3-37H,1-2H3;3-35H,1-2H3. The van der Waals surface area contributed by atoms with Crippen molar-refractivity contribution in [1.82, 2.24) is 0 Å². The van der Waals surface area contributed by atoms with E-state index in [1.54, 1.807) is 0 Å². The maximum absolute atomic E-state index is 6.27. The molecule has 22 rings (SSSR count). The molecule has 0 radical (unpaired) electrons. The Morgan fingerprint density at radius 2 is 0.466 bits per heavy atom. The molecule has 0 fully saturated rings. The third-order valence-corrected chi connectivity index (χ3v) is 24.4. The first-order valence-corrected chi connectivity index (χ1v) is 40.2. The zero-order chi connectivity index (χ0) is 77.6. The van der Waals surface area contributed by atoms with E-state index in [4.69, 9.17) is 8.83 Å². The Bertz CT molecular complexity index is 7140. The van der Waals surface area contributed by atoms with Crippen molar-refractivity contribution in [3.8, 4) is 100 Å². The van der Waals surface area contributed by atoms with Crippen LogP contribution < -0.4 is 9.80 Å². The molecule has 0 spiro atoms. The van der Waals surface area contributed by atoms with Gasteiger partial charge in [0.1, 0.15) is 22.3 Å². The lowest BCUT2D eigenvalue weighted by Crippen LogP contribution is -2.16. The van der Waals surface area contributed by atoms with Gasteiger partial charge in [-0.2, -0.15) is 0 Å². The Balaban J connectivity index is 0.000000145. The first-order chi connectivity index (χ1) is 57.0. The van der Waals surface area contributed by atoms with E-state index >= 15 is 0 Å². The number of hydrogen-bond donors (Lipinski definition) is 0. The van der Waals surface area contributed by atoms with Crippen molar-refractivity contribution >= 4 is 88.8 Å². The van der Waals surface area contributed by atoms with Gasteiger partial charge in [0.25, 0.3) is 0 Å². The van der Waals surface area contributed by atoms with Gasteiger partial charge in [0, 0.05) is 66.2 Å². The van der Waals surface area contributed by atoms with Gasteiger partial charge >= 0.3 is 0 Å². The molecule has 0 atom stereocenters. The molecule has 0 saturated carbocycles. The fraction of sp³-hybridized carbons (Fsp3) is 0.0536. The van der Waals surface area contributed by atoms with Crippen LogP contribution in [0.5, 0.6) is 0 Å². The van der Waals surface area contributed by atoms with E-state index in [2.05, 4.69) is 426 Å². The summed E-state index contributed by atoms with van der Waals surface area (Å²) in [5.41, 5.74) is 37.5. The third-order valence-electron chi connectivity index (χ3n) is 24.4. The Hall–Kier alpha value is -14.6. The van der Waals surface area contributed by atoms with Gasteiger partial charge in [0.2, 0.25) is 0 Å². The van der Waals surface area contributed by atoms with Crippen LogP contribution in [-0.2, 0) is 10.8 Å². The van der Waals surface area contributed by atoms with Crippen LogP contribution in [0.2, 0.25) is 0 Å². The van der Waals surface area contributed by atoms with Crippen molar-refractivity contribution in [2.75, 3.05) is 9.80 Å². The van der Waals surface area contributed by atoms with Crippen LogP contribution in [0.25, 0.3) is 155 Å². The van der Waals surface area contributed by atoms with Crippen LogP contribution in [0.4, 0.5) is 34.1 Å². The van der Waals surface area contributed by atoms with Gasteiger partial charge < -0.3 is 18.6 Å². The minimum absolute atomic E-state index is 0.120. The summed E-state index contributed by atoms with van der Waals surface area (Å²) in [6.45, 7) is 9.44. The highest BCUT2D eigenvalue weighted by atomic mass is 16.3. The number of hydrogen-bond acceptors (Lipinski definition) is 4. The summed E-state index contributed by atoms with van der Waals surface area (Å²) in [5, 5.41) is 6.99. The zero-order valence-corrected chi connectivity index (χ0v) is 65.0. The van der Waals surface area contributed by atoms with Crippen LogP contribution >= 0.6 is 0 Å². The Morgan fingerprint density at radius 3 is 0.957 bits per heavy atom. The lowest BCUT2D eigenvalue weighted by atomic mass is 9.81. The molecule has 2 aliphatic rings. The molecule has 4 nitrogen and oxygen atoms in total. The van der Waals surface area contributed by atoms with Gasteiger partial charge in [-0.1, -0.05) is 331 Å². The number of fused-ring (bicyclic) bond motifs is 13. The highest BCUT2D eigenvalue weighted by Gasteiger charge is 2.38. The summed E-state index contributed by atoms with van der Waals surface area (Å²) >= 11 is 0. The quantitative estimate of drug-likeness (QED) is 0.115. The molecule has 2 heterocycles. The number of anilines is 6. The first kappa shape index (κ1) is 69.4. The fourth-order valence-electron chi connectivity index (χ4n) is 18.3. The smallest absolute Gasteiger partial charge is 0.136 e. The summed E-state index contributed by atoms with van der Waals surface area (Å²) in [5.74, 6) is 0. The van der Waals surface area contributed by atoms with Crippen molar-refractivity contribution in [3.05, 3.63) is 435 Å². The van der Waals surface area contributed by atoms with Gasteiger partial charge in [-0.3, -0.25) is 0 Å². The highest BCUT2D eigenvalue weighted by molar-refractivity contribution is 6.09. The first-order valence-electron chi connectivity index (χ1n) is 40.2. The molecule has 18 aromatic carbocycles. The molecule has 0 N–H and O–H groups in total. The SMILES string of the molecule is CC1(C)c2cc(-c3ccccc3)ccc2-c2ccc(N(c3ccc(-c4ccc(-c5ccccc5)cc4)cc3)c3ccc(-c4ccc5c(c4)oc4ccccc45)cc3)cc21.CC1(C)c2ccccc2-c2ccc(N(c3ccc(-c4ccc5c(c4)oc4ccccc45)cc3)c3ccc(-c4ccc(-c5ccccc5)cc4)c4ccccc34)cc21. The van der Waals surface area contributed by atoms with E-state index in [0.717, 1.165) is 100 Å². The van der Waals surface area contributed by atoms with E-state index in [1.807, 2.05) is 24.3 Å². The van der Waals surface area contributed by atoms with Gasteiger partial charge in [-0.25, -0.2) is 0 Å². The second-order valence-electron chi connectivity index (χ2n) is 31.9. The largest absolute Gasteiger partial charge is 0.456 e. The van der Waals surface area contributed by atoms with Gasteiger partial charge in [-0.05, 0) is 237 Å². The topological polar surface area (TPSA) is 32.8 Å². The van der Waals surface area contributed by atoms with Crippen molar-refractivity contribution in [1.29, 1.82) is 0 Å². The molecule has 0 aliphatic heterocycles. The van der Waals surface area contributed by atoms with Gasteiger partial charge in [-0.15, -0.1) is 0 Å². The predicted molar refractivity (Wildman–Crippen MR) is 487 cm³/mol. The van der Waals surface area contributed by atoms with Crippen molar-refractivity contribution < 1.29 is 8.83 Å². The average Bonchev–Trinajstić information content (AvgIpc) is 1.56. The predicted octanol–water partition coefficient (Wildman–Crippen LogP) is 31.5. The molecule has 20 aromatic rings. The molecule has 2 aliphatic carbocycles. The molecule has 2 aromatic heterocycles. The molecule has 0 amide bonds. The van der Waals surface area contributed by atoms with Crippen LogP contribution in [0.1, 0.15) is 49.9 Å². The van der Waals surface area contributed by atoms with E-state index in [-0.39, 0.29) is 10.8 Å². The normalized spacial score (nSPS) is 12.8. The molecule has 116 heavy (non-hydrogen) atoms. The van der Waals surface area contributed by atoms with Crippen molar-refractivity contribution in [2.45, 2.75) is 38.5 Å². The minimum Gasteiger partial charge on any atom is -0.456 e. The van der Waals surface area contributed by atoms with Gasteiger partial charge in [0.05, 0.1) is 5.69 Å². The highest BCUT2D eigenvalue weighted by Crippen LogP contribution is 2.54. The van der Waals surface area contributed by atoms with E-state index in [9.17, 15) is 0 Å². The van der Waals surface area contributed by atoms with Crippen molar-refractivity contribution in [2.24, 2.45) is 0 Å². The fourth-order valence-corrected chi connectivity index (χ4v) is 18.3. The van der Waals surface area contributed by atoms with E-state index in [0.29, 0.717) is 0 Å². The molecule has 550 valence electrons. The number of nitrogens with zero attached hydrogens (tertiary/aromatic N) is 2. The third kappa shape index (κ3) is 12.2. The van der Waals surface area contributed by atoms with Crippen LogP contribution in [-0.4, -0.2) is 0 Å². The maximum Gasteiger partial charge on any atom is 0.136 e. The molecular weight excluding hydrogens is 1410 g/mol. The second kappa shape index (κ2) is 28.3. The Labute approximate surface area is 676 Å². The number of furan rings is 2. The van der Waals surface area contributed by atoms with Crippen LogP contribution in [0.15, 0.2) is 421 Å². The number of para-hydroxylation sites is 2. The number of benzene rings is 18. The Kier molecular flexibility index (Phi) is 16.9. The zero-order valence-electron chi connectivity index (χ0n) is 65.0. The summed E-state index contributed by atoms with van der Waals surface area (Å²) in [4.78, 5) is 4.83. The summed E-state index contributed by atoms with van der Waals surface area (Å²) in [6, 6.07) is 150. The monoisotopic (exact) mass is 1480 g/mol. The molecule has 4 heteroatoms. The molecule has 0 unspecified atom stereocenters. The van der Waals surface area contributed by atoms with E-state index < -0.39 is 0 Å². The maximum atomic E-state index is 6.27. The van der Waals surface area contributed by atoms with Crippen molar-refractivity contribution in [3.63, 3.8) is 0 Å². The minimum atomic E-state index is -0.175. The van der Waals surface area contributed by atoms with Crippen LogP contribution in [0, 0.1) is 0 Å². The van der Waals surface area contributed by atoms with Gasteiger partial charge in [0.15, 0.2) is 0 Å². The molecule has 0 saturated heterocycles. The summed E-state index contributed by atoms with van der Waals surface area (Å²) < 4.78 is 12.5. The average molecular weight is 1490 g/mol. The number of rotatable bonds is 13. The lowest BCUT2D eigenvalue weighted by molar-refractivity contribution is 0.660. The summed E-state index contributed by atoms with van der Waals surface area (Å²) in [7, 11) is 0. The van der Waals surface area contributed by atoms with E-state index in [1.165, 1.54) is 111 Å². The molecular formula is C112H80N2O2. The second-order valence-corrected chi connectivity index (χ2v) is 31.9. The Morgan fingerprint density at radius 1 is 0.172 bits per heavy atom. The van der Waals surface area contributed by atoms with Crippen LogP contribution in [0.3, 0.4) is 0 Å².